The smallest absolute Gasteiger partial charge is 0.125 e. The van der Waals surface area contributed by atoms with Gasteiger partial charge in [-0.05, 0) is 43.9 Å². The molecule has 0 atom stereocenters. The van der Waals surface area contributed by atoms with Crippen molar-refractivity contribution in [1.82, 2.24) is 4.90 Å². The van der Waals surface area contributed by atoms with Gasteiger partial charge in [-0.25, -0.2) is 0 Å². The van der Waals surface area contributed by atoms with Crippen molar-refractivity contribution in [2.24, 2.45) is 0 Å². The first-order valence-corrected chi connectivity index (χ1v) is 8.38. The van der Waals surface area contributed by atoms with E-state index in [-0.39, 0.29) is 0 Å². The molecule has 2 aliphatic heterocycles. The second-order valence-corrected chi connectivity index (χ2v) is 6.69. The van der Waals surface area contributed by atoms with Gasteiger partial charge in [-0.1, -0.05) is 11.6 Å². The van der Waals surface area contributed by atoms with Gasteiger partial charge in [0.2, 0.25) is 0 Å². The Morgan fingerprint density at radius 3 is 2.59 bits per heavy atom. The molecule has 0 spiro atoms. The van der Waals surface area contributed by atoms with Crippen molar-refractivity contribution in [3.8, 4) is 5.75 Å². The fraction of sp³-hybridized carbons (Fsp3) is 0.647. The zero-order valence-corrected chi connectivity index (χ0v) is 13.8. The lowest BCUT2D eigenvalue weighted by Gasteiger charge is -2.43. The predicted molar refractivity (Wildman–Crippen MR) is 86.5 cm³/mol. The summed E-state index contributed by atoms with van der Waals surface area (Å²) in [6.45, 7) is 3.51. The molecule has 1 aromatic rings. The molecule has 1 aromatic carbocycles. The Labute approximate surface area is 137 Å². The van der Waals surface area contributed by atoms with Gasteiger partial charge in [-0.3, -0.25) is 4.90 Å². The van der Waals surface area contributed by atoms with Crippen LogP contribution in [0.15, 0.2) is 18.2 Å². The first kappa shape index (κ1) is 16.1. The Kier molecular flexibility index (Phi) is 4.93. The third-order valence-electron chi connectivity index (χ3n) is 5.00. The minimum Gasteiger partial charge on any atom is -0.496 e. The van der Waals surface area contributed by atoms with Crippen LogP contribution in [0.1, 0.15) is 31.2 Å². The number of ether oxygens (including phenoxy) is 2. The Morgan fingerprint density at radius 1 is 1.27 bits per heavy atom. The average molecular weight is 326 g/mol. The Bertz CT molecular complexity index is 509. The van der Waals surface area contributed by atoms with Crippen LogP contribution in [0.3, 0.4) is 0 Å². The molecule has 2 aliphatic rings. The molecule has 22 heavy (non-hydrogen) atoms. The van der Waals surface area contributed by atoms with Gasteiger partial charge in [-0.15, -0.1) is 0 Å². The van der Waals surface area contributed by atoms with Gasteiger partial charge >= 0.3 is 0 Å². The first-order valence-electron chi connectivity index (χ1n) is 8.00. The van der Waals surface area contributed by atoms with Crippen molar-refractivity contribution < 1.29 is 14.6 Å². The van der Waals surface area contributed by atoms with Crippen molar-refractivity contribution in [2.45, 2.75) is 37.3 Å². The molecule has 3 rings (SSSR count). The maximum absolute atomic E-state index is 11.1. The van der Waals surface area contributed by atoms with Crippen LogP contribution in [0.25, 0.3) is 0 Å². The third kappa shape index (κ3) is 3.25. The van der Waals surface area contributed by atoms with Gasteiger partial charge in [-0.2, -0.15) is 0 Å². The lowest BCUT2D eigenvalue weighted by molar-refractivity contribution is -0.0513. The highest BCUT2D eigenvalue weighted by Crippen LogP contribution is 2.40. The molecular weight excluding hydrogens is 302 g/mol. The fourth-order valence-electron chi connectivity index (χ4n) is 3.62. The van der Waals surface area contributed by atoms with Crippen LogP contribution < -0.4 is 4.74 Å². The van der Waals surface area contributed by atoms with Crippen LogP contribution in [0.5, 0.6) is 5.75 Å². The number of benzene rings is 1. The van der Waals surface area contributed by atoms with Crippen LogP contribution in [0, 0.1) is 0 Å². The highest BCUT2D eigenvalue weighted by molar-refractivity contribution is 6.30. The van der Waals surface area contributed by atoms with Crippen molar-refractivity contribution in [1.29, 1.82) is 0 Å². The van der Waals surface area contributed by atoms with Crippen molar-refractivity contribution in [3.63, 3.8) is 0 Å². The molecule has 0 bridgehead atoms. The molecule has 2 heterocycles. The van der Waals surface area contributed by atoms with E-state index in [4.69, 9.17) is 21.1 Å². The van der Waals surface area contributed by atoms with Crippen molar-refractivity contribution >= 4 is 11.6 Å². The van der Waals surface area contributed by atoms with E-state index in [2.05, 4.69) is 4.90 Å². The van der Waals surface area contributed by atoms with Gasteiger partial charge in [0.05, 0.1) is 12.7 Å². The van der Waals surface area contributed by atoms with Gasteiger partial charge in [0.1, 0.15) is 5.75 Å². The molecule has 1 N–H and O–H groups in total. The van der Waals surface area contributed by atoms with E-state index in [0.29, 0.717) is 29.7 Å². The minimum absolute atomic E-state index is 0.597. The summed E-state index contributed by atoms with van der Waals surface area (Å²) in [5.74, 6) is 0.714. The van der Waals surface area contributed by atoms with E-state index < -0.39 is 5.60 Å². The molecule has 0 unspecified atom stereocenters. The largest absolute Gasteiger partial charge is 0.496 e. The number of hydrogen-bond acceptors (Lipinski definition) is 4. The number of likely N-dealkylation sites (tertiary alicyclic amines) is 1. The van der Waals surface area contributed by atoms with E-state index in [1.807, 2.05) is 12.1 Å². The SMILES string of the molecule is COc1ccc(Cl)cc1C1(O)CCN(C2CCOCC2)CC1. The molecule has 2 fully saturated rings. The summed E-state index contributed by atoms with van der Waals surface area (Å²) >= 11 is 6.11. The van der Waals surface area contributed by atoms with Gasteiger partial charge in [0.25, 0.3) is 0 Å². The molecule has 0 aromatic heterocycles. The van der Waals surface area contributed by atoms with Crippen LogP contribution in [0.2, 0.25) is 5.02 Å². The second kappa shape index (κ2) is 6.75. The van der Waals surface area contributed by atoms with E-state index in [1.165, 1.54) is 0 Å². The molecule has 0 saturated carbocycles. The standard InChI is InChI=1S/C17H24ClNO3/c1-21-16-3-2-13(18)12-15(16)17(20)6-8-19(9-7-17)14-4-10-22-11-5-14/h2-3,12,14,20H,4-11H2,1H3. The highest BCUT2D eigenvalue weighted by atomic mass is 35.5. The van der Waals surface area contributed by atoms with Crippen LogP contribution in [0.4, 0.5) is 0 Å². The maximum Gasteiger partial charge on any atom is 0.125 e. The van der Waals surface area contributed by atoms with Gasteiger partial charge in [0, 0.05) is 42.9 Å². The summed E-state index contributed by atoms with van der Waals surface area (Å²) in [7, 11) is 1.63. The highest BCUT2D eigenvalue weighted by Gasteiger charge is 2.38. The average Bonchev–Trinajstić information content (AvgIpc) is 2.56. The number of hydrogen-bond donors (Lipinski definition) is 1. The van der Waals surface area contributed by atoms with Crippen molar-refractivity contribution in [3.05, 3.63) is 28.8 Å². The maximum atomic E-state index is 11.1. The molecule has 0 aliphatic carbocycles. The number of methoxy groups -OCH3 is 1. The zero-order valence-electron chi connectivity index (χ0n) is 13.1. The van der Waals surface area contributed by atoms with Crippen LogP contribution >= 0.6 is 11.6 Å². The molecule has 2 saturated heterocycles. The summed E-state index contributed by atoms with van der Waals surface area (Å²) in [6.07, 6.45) is 3.61. The zero-order chi connectivity index (χ0) is 15.6. The lowest BCUT2D eigenvalue weighted by atomic mass is 9.83. The van der Waals surface area contributed by atoms with E-state index >= 15 is 0 Å². The monoisotopic (exact) mass is 325 g/mol. The summed E-state index contributed by atoms with van der Waals surface area (Å²) in [5.41, 5.74) is -0.0353. The minimum atomic E-state index is -0.849. The van der Waals surface area contributed by atoms with E-state index in [0.717, 1.165) is 44.7 Å². The second-order valence-electron chi connectivity index (χ2n) is 6.26. The topological polar surface area (TPSA) is 41.9 Å². The number of aliphatic hydroxyl groups is 1. The Morgan fingerprint density at radius 2 is 1.95 bits per heavy atom. The van der Waals surface area contributed by atoms with Crippen LogP contribution in [-0.4, -0.2) is 49.5 Å². The molecule has 4 nitrogen and oxygen atoms in total. The van der Waals surface area contributed by atoms with Gasteiger partial charge < -0.3 is 14.6 Å². The molecular formula is C17H24ClNO3. The predicted octanol–water partition coefficient (Wildman–Crippen LogP) is 2.81. The molecule has 122 valence electrons. The Balaban J connectivity index is 1.72. The van der Waals surface area contributed by atoms with Crippen molar-refractivity contribution in [2.75, 3.05) is 33.4 Å². The molecule has 0 radical (unpaired) electrons. The fourth-order valence-corrected chi connectivity index (χ4v) is 3.79. The molecule has 5 heteroatoms. The third-order valence-corrected chi connectivity index (χ3v) is 5.23. The number of halogens is 1. The summed E-state index contributed by atoms with van der Waals surface area (Å²) in [5, 5.41) is 11.7. The van der Waals surface area contributed by atoms with E-state index in [1.54, 1.807) is 13.2 Å². The van der Waals surface area contributed by atoms with E-state index in [9.17, 15) is 5.11 Å². The molecule has 0 amide bonds. The number of rotatable bonds is 3. The summed E-state index contributed by atoms with van der Waals surface area (Å²) in [6, 6.07) is 6.06. The van der Waals surface area contributed by atoms with Crippen LogP contribution in [-0.2, 0) is 10.3 Å². The summed E-state index contributed by atoms with van der Waals surface area (Å²) < 4.78 is 10.9. The lowest BCUT2D eigenvalue weighted by Crippen LogP contribution is -2.48. The number of nitrogens with zero attached hydrogens (tertiary/aromatic N) is 1. The summed E-state index contributed by atoms with van der Waals surface area (Å²) in [4.78, 5) is 2.49. The van der Waals surface area contributed by atoms with Gasteiger partial charge in [0.15, 0.2) is 0 Å². The Hall–Kier alpha value is -0.810. The normalized spacial score (nSPS) is 23.4. The quantitative estimate of drug-likeness (QED) is 0.928. The number of piperidine rings is 1. The first-order chi connectivity index (χ1) is 10.6.